The molecule has 26 heavy (non-hydrogen) atoms. The van der Waals surface area contributed by atoms with Crippen LogP contribution >= 0.6 is 0 Å². The predicted octanol–water partition coefficient (Wildman–Crippen LogP) is 1.67. The SMILES string of the molecule is O=C(NC1(CO)CCOCC1)c1nc(-c2cccnc2)c2ccccn12. The fraction of sp³-hybridized carbons (Fsp3) is 0.316. The molecule has 4 heterocycles. The zero-order valence-electron chi connectivity index (χ0n) is 14.3. The third-order valence-electron chi connectivity index (χ3n) is 4.82. The minimum atomic E-state index is -0.662. The first-order valence-corrected chi connectivity index (χ1v) is 8.61. The highest BCUT2D eigenvalue weighted by atomic mass is 16.5. The number of nitrogens with one attached hydrogen (secondary N) is 1. The van der Waals surface area contributed by atoms with Crippen molar-refractivity contribution in [1.29, 1.82) is 0 Å². The van der Waals surface area contributed by atoms with Crippen LogP contribution in [0.15, 0.2) is 48.9 Å². The summed E-state index contributed by atoms with van der Waals surface area (Å²) >= 11 is 0. The summed E-state index contributed by atoms with van der Waals surface area (Å²) in [5.74, 6) is -0.0175. The van der Waals surface area contributed by atoms with E-state index in [4.69, 9.17) is 4.74 Å². The van der Waals surface area contributed by atoms with Gasteiger partial charge in [-0.25, -0.2) is 4.98 Å². The van der Waals surface area contributed by atoms with Crippen molar-refractivity contribution < 1.29 is 14.6 Å². The van der Waals surface area contributed by atoms with E-state index < -0.39 is 5.54 Å². The Balaban J connectivity index is 1.73. The Morgan fingerprint density at radius 3 is 2.85 bits per heavy atom. The highest BCUT2D eigenvalue weighted by Gasteiger charge is 2.35. The second kappa shape index (κ2) is 6.86. The van der Waals surface area contributed by atoms with Gasteiger partial charge in [0, 0.05) is 37.4 Å². The highest BCUT2D eigenvalue weighted by Crippen LogP contribution is 2.25. The molecule has 0 atom stereocenters. The first-order chi connectivity index (χ1) is 12.7. The number of hydrogen-bond donors (Lipinski definition) is 2. The number of amides is 1. The summed E-state index contributed by atoms with van der Waals surface area (Å²) in [6.45, 7) is 0.912. The summed E-state index contributed by atoms with van der Waals surface area (Å²) in [6, 6.07) is 9.44. The van der Waals surface area contributed by atoms with Gasteiger partial charge >= 0.3 is 0 Å². The molecule has 0 radical (unpaired) electrons. The molecule has 7 heteroatoms. The third-order valence-corrected chi connectivity index (χ3v) is 4.82. The Morgan fingerprint density at radius 1 is 1.27 bits per heavy atom. The number of hydrogen-bond acceptors (Lipinski definition) is 5. The molecule has 1 saturated heterocycles. The van der Waals surface area contributed by atoms with Gasteiger partial charge in [-0.3, -0.25) is 14.2 Å². The molecule has 0 aromatic carbocycles. The van der Waals surface area contributed by atoms with Crippen molar-refractivity contribution in [3.63, 3.8) is 0 Å². The molecule has 1 fully saturated rings. The summed E-state index contributed by atoms with van der Waals surface area (Å²) in [5.41, 5.74) is 1.72. The second-order valence-corrected chi connectivity index (χ2v) is 6.49. The van der Waals surface area contributed by atoms with Gasteiger partial charge in [0.05, 0.1) is 23.4 Å². The molecule has 4 rings (SSSR count). The fourth-order valence-electron chi connectivity index (χ4n) is 3.29. The number of fused-ring (bicyclic) bond motifs is 1. The van der Waals surface area contributed by atoms with E-state index in [0.29, 0.717) is 37.6 Å². The lowest BCUT2D eigenvalue weighted by atomic mass is 9.91. The summed E-state index contributed by atoms with van der Waals surface area (Å²) in [6.07, 6.45) is 6.39. The normalized spacial score (nSPS) is 16.5. The van der Waals surface area contributed by atoms with Crippen LogP contribution in [0.5, 0.6) is 0 Å². The molecule has 7 nitrogen and oxygen atoms in total. The van der Waals surface area contributed by atoms with Gasteiger partial charge in [0.2, 0.25) is 5.82 Å². The monoisotopic (exact) mass is 352 g/mol. The van der Waals surface area contributed by atoms with Crippen molar-refractivity contribution in [3.8, 4) is 11.3 Å². The Morgan fingerprint density at radius 2 is 2.12 bits per heavy atom. The fourth-order valence-corrected chi connectivity index (χ4v) is 3.29. The molecule has 1 aliphatic heterocycles. The van der Waals surface area contributed by atoms with E-state index in [9.17, 15) is 9.90 Å². The average molecular weight is 352 g/mol. The highest BCUT2D eigenvalue weighted by molar-refractivity contribution is 5.95. The van der Waals surface area contributed by atoms with Gasteiger partial charge in [-0.15, -0.1) is 0 Å². The number of rotatable bonds is 4. The van der Waals surface area contributed by atoms with Crippen LogP contribution in [0.4, 0.5) is 0 Å². The topological polar surface area (TPSA) is 88.8 Å². The van der Waals surface area contributed by atoms with E-state index in [1.54, 1.807) is 16.8 Å². The Bertz CT molecular complexity index is 917. The maximum absolute atomic E-state index is 13.0. The number of carbonyl (C=O) groups excluding carboxylic acids is 1. The molecular formula is C19H20N4O3. The minimum Gasteiger partial charge on any atom is -0.394 e. The van der Waals surface area contributed by atoms with Crippen LogP contribution in [0.2, 0.25) is 0 Å². The summed E-state index contributed by atoms with van der Waals surface area (Å²) < 4.78 is 7.12. The number of ether oxygens (including phenoxy) is 1. The van der Waals surface area contributed by atoms with E-state index in [-0.39, 0.29) is 12.5 Å². The second-order valence-electron chi connectivity index (χ2n) is 6.49. The number of pyridine rings is 2. The first-order valence-electron chi connectivity index (χ1n) is 8.61. The number of carbonyl (C=O) groups is 1. The van der Waals surface area contributed by atoms with Crippen molar-refractivity contribution >= 4 is 11.4 Å². The van der Waals surface area contributed by atoms with Gasteiger partial charge in [-0.2, -0.15) is 0 Å². The molecule has 134 valence electrons. The standard InChI is InChI=1S/C19H20N4O3/c24-13-19(6-10-26-11-7-19)22-18(25)17-21-16(14-4-3-8-20-12-14)15-5-1-2-9-23(15)17/h1-5,8-9,12,24H,6-7,10-11,13H2,(H,22,25). The average Bonchev–Trinajstić information content (AvgIpc) is 3.09. The molecule has 2 N–H and O–H groups in total. The van der Waals surface area contributed by atoms with E-state index in [1.807, 2.05) is 36.5 Å². The van der Waals surface area contributed by atoms with Crippen molar-refractivity contribution in [2.75, 3.05) is 19.8 Å². The lowest BCUT2D eigenvalue weighted by Gasteiger charge is -2.36. The molecule has 0 saturated carbocycles. The number of imidazole rings is 1. The first kappa shape index (κ1) is 16.7. The van der Waals surface area contributed by atoms with Crippen LogP contribution in [0.3, 0.4) is 0 Å². The predicted molar refractivity (Wildman–Crippen MR) is 95.8 cm³/mol. The third kappa shape index (κ3) is 2.95. The van der Waals surface area contributed by atoms with E-state index >= 15 is 0 Å². The Hall–Kier alpha value is -2.77. The molecule has 0 bridgehead atoms. The van der Waals surface area contributed by atoms with Gasteiger partial charge in [-0.1, -0.05) is 6.07 Å². The lowest BCUT2D eigenvalue weighted by molar-refractivity contribution is 0.0123. The minimum absolute atomic E-state index is 0.124. The lowest BCUT2D eigenvalue weighted by Crippen LogP contribution is -2.54. The van der Waals surface area contributed by atoms with Gasteiger partial charge < -0.3 is 15.2 Å². The van der Waals surface area contributed by atoms with Crippen molar-refractivity contribution in [1.82, 2.24) is 19.7 Å². The zero-order chi connectivity index (χ0) is 18.0. The smallest absolute Gasteiger partial charge is 0.288 e. The van der Waals surface area contributed by atoms with Gasteiger partial charge in [0.15, 0.2) is 0 Å². The molecule has 3 aromatic heterocycles. The van der Waals surface area contributed by atoms with E-state index in [2.05, 4.69) is 15.3 Å². The van der Waals surface area contributed by atoms with Gasteiger partial charge in [0.25, 0.3) is 5.91 Å². The quantitative estimate of drug-likeness (QED) is 0.746. The van der Waals surface area contributed by atoms with Crippen molar-refractivity contribution in [3.05, 3.63) is 54.7 Å². The van der Waals surface area contributed by atoms with Crippen LogP contribution in [-0.4, -0.2) is 50.7 Å². The largest absolute Gasteiger partial charge is 0.394 e. The van der Waals surface area contributed by atoms with Gasteiger partial charge in [-0.05, 0) is 37.1 Å². The number of nitrogens with zero attached hydrogens (tertiary/aromatic N) is 3. The van der Waals surface area contributed by atoms with E-state index in [0.717, 1.165) is 11.1 Å². The summed E-state index contributed by atoms with van der Waals surface area (Å²) in [7, 11) is 0. The van der Waals surface area contributed by atoms with Gasteiger partial charge in [0.1, 0.15) is 0 Å². The number of aromatic nitrogens is 3. The van der Waals surface area contributed by atoms with Crippen LogP contribution in [-0.2, 0) is 4.74 Å². The molecule has 3 aromatic rings. The Kier molecular flexibility index (Phi) is 4.40. The number of aliphatic hydroxyl groups excluding tert-OH is 1. The molecule has 1 amide bonds. The van der Waals surface area contributed by atoms with Crippen molar-refractivity contribution in [2.45, 2.75) is 18.4 Å². The molecule has 0 aliphatic carbocycles. The van der Waals surface area contributed by atoms with Crippen LogP contribution in [0, 0.1) is 0 Å². The maximum atomic E-state index is 13.0. The summed E-state index contributed by atoms with van der Waals surface area (Å²) in [5, 5.41) is 12.8. The van der Waals surface area contributed by atoms with Crippen LogP contribution < -0.4 is 5.32 Å². The maximum Gasteiger partial charge on any atom is 0.288 e. The van der Waals surface area contributed by atoms with Crippen LogP contribution in [0.25, 0.3) is 16.8 Å². The molecular weight excluding hydrogens is 332 g/mol. The van der Waals surface area contributed by atoms with Crippen molar-refractivity contribution in [2.24, 2.45) is 0 Å². The summed E-state index contributed by atoms with van der Waals surface area (Å²) in [4.78, 5) is 21.7. The molecule has 1 aliphatic rings. The molecule has 0 unspecified atom stereocenters. The zero-order valence-corrected chi connectivity index (χ0v) is 14.3. The molecule has 0 spiro atoms. The van der Waals surface area contributed by atoms with E-state index in [1.165, 1.54) is 0 Å². The Labute approximate surface area is 150 Å². The number of aliphatic hydroxyl groups is 1. The van der Waals surface area contributed by atoms with Crippen LogP contribution in [0.1, 0.15) is 23.5 Å².